The highest BCUT2D eigenvalue weighted by Crippen LogP contribution is 2.25. The quantitative estimate of drug-likeness (QED) is 0.306. The second-order valence-corrected chi connectivity index (χ2v) is 6.96. The number of ether oxygens (including phenoxy) is 1. The van der Waals surface area contributed by atoms with Gasteiger partial charge in [-0.3, -0.25) is 9.89 Å². The van der Waals surface area contributed by atoms with Gasteiger partial charge in [-0.05, 0) is 53.6 Å². The standard InChI is InChI=1S/C24H22N4O3/c1-2-13-31-18-10-7-17(8-11-18)21-14-22(27-26-21)24(30)28-25-15-20-19-6-4-3-5-16(19)9-12-23(20)29/h3-12,14-15,29H,2,13H2,1H3,(H,26,27)(H,28,30)/b25-15-. The summed E-state index contributed by atoms with van der Waals surface area (Å²) in [5, 5.41) is 22.9. The van der Waals surface area contributed by atoms with Crippen LogP contribution in [0.1, 0.15) is 29.4 Å². The number of benzene rings is 3. The number of hydrazone groups is 1. The molecule has 0 fully saturated rings. The largest absolute Gasteiger partial charge is 0.507 e. The summed E-state index contributed by atoms with van der Waals surface area (Å²) in [4.78, 5) is 12.4. The van der Waals surface area contributed by atoms with E-state index in [2.05, 4.69) is 27.6 Å². The van der Waals surface area contributed by atoms with Crippen LogP contribution in [-0.4, -0.2) is 34.0 Å². The van der Waals surface area contributed by atoms with Crippen LogP contribution >= 0.6 is 0 Å². The van der Waals surface area contributed by atoms with Crippen molar-refractivity contribution >= 4 is 22.9 Å². The number of phenolic OH excluding ortho intramolecular Hbond substituents is 1. The van der Waals surface area contributed by atoms with Gasteiger partial charge in [0.25, 0.3) is 5.91 Å². The fourth-order valence-electron chi connectivity index (χ4n) is 3.16. The molecule has 7 heteroatoms. The van der Waals surface area contributed by atoms with Gasteiger partial charge in [0.15, 0.2) is 0 Å². The van der Waals surface area contributed by atoms with Gasteiger partial charge in [0.1, 0.15) is 17.2 Å². The van der Waals surface area contributed by atoms with Gasteiger partial charge in [-0.15, -0.1) is 0 Å². The summed E-state index contributed by atoms with van der Waals surface area (Å²) in [5.41, 5.74) is 4.78. The molecular formula is C24H22N4O3. The predicted octanol–water partition coefficient (Wildman–Crippen LogP) is 4.49. The molecule has 0 bridgehead atoms. The number of H-pyrrole nitrogens is 1. The smallest absolute Gasteiger partial charge is 0.289 e. The molecule has 3 aromatic carbocycles. The highest BCUT2D eigenvalue weighted by Gasteiger charge is 2.11. The molecule has 3 N–H and O–H groups in total. The minimum Gasteiger partial charge on any atom is -0.507 e. The number of aromatic amines is 1. The summed E-state index contributed by atoms with van der Waals surface area (Å²) in [6.45, 7) is 2.72. The fourth-order valence-corrected chi connectivity index (χ4v) is 3.16. The highest BCUT2D eigenvalue weighted by atomic mass is 16.5. The Labute approximate surface area is 179 Å². The molecule has 1 amide bonds. The molecule has 1 aromatic heterocycles. The van der Waals surface area contributed by atoms with Gasteiger partial charge in [-0.1, -0.05) is 37.3 Å². The number of carbonyl (C=O) groups is 1. The number of phenols is 1. The van der Waals surface area contributed by atoms with E-state index in [0.29, 0.717) is 17.9 Å². The normalized spacial score (nSPS) is 11.1. The Bertz CT molecular complexity index is 1230. The molecule has 4 aromatic rings. The van der Waals surface area contributed by atoms with Gasteiger partial charge in [0.05, 0.1) is 18.5 Å². The number of rotatable bonds is 7. The number of hydrogen-bond donors (Lipinski definition) is 3. The third-order valence-corrected chi connectivity index (χ3v) is 4.75. The van der Waals surface area contributed by atoms with Crippen molar-refractivity contribution in [3.63, 3.8) is 0 Å². The minimum atomic E-state index is -0.433. The van der Waals surface area contributed by atoms with Crippen LogP contribution in [0.15, 0.2) is 71.8 Å². The number of fused-ring (bicyclic) bond motifs is 1. The molecule has 1 heterocycles. The molecule has 156 valence electrons. The van der Waals surface area contributed by atoms with E-state index >= 15 is 0 Å². The van der Waals surface area contributed by atoms with E-state index in [4.69, 9.17) is 4.74 Å². The van der Waals surface area contributed by atoms with Gasteiger partial charge in [0.2, 0.25) is 0 Å². The molecule has 0 aliphatic carbocycles. The van der Waals surface area contributed by atoms with Gasteiger partial charge in [-0.25, -0.2) is 5.43 Å². The lowest BCUT2D eigenvalue weighted by Crippen LogP contribution is -2.18. The van der Waals surface area contributed by atoms with Crippen molar-refractivity contribution < 1.29 is 14.6 Å². The summed E-state index contributed by atoms with van der Waals surface area (Å²) in [7, 11) is 0. The zero-order chi connectivity index (χ0) is 21.6. The van der Waals surface area contributed by atoms with Crippen LogP contribution in [0.3, 0.4) is 0 Å². The Kier molecular flexibility index (Phi) is 5.93. The zero-order valence-electron chi connectivity index (χ0n) is 17.0. The Morgan fingerprint density at radius 1 is 1.16 bits per heavy atom. The lowest BCUT2D eigenvalue weighted by Gasteiger charge is -2.04. The van der Waals surface area contributed by atoms with E-state index < -0.39 is 5.91 Å². The van der Waals surface area contributed by atoms with Crippen LogP contribution in [0, 0.1) is 0 Å². The number of aromatic hydroxyl groups is 1. The van der Waals surface area contributed by atoms with Crippen LogP contribution in [0.2, 0.25) is 0 Å². The van der Waals surface area contributed by atoms with E-state index in [1.807, 2.05) is 54.6 Å². The third kappa shape index (κ3) is 4.56. The third-order valence-electron chi connectivity index (χ3n) is 4.75. The molecule has 0 spiro atoms. The van der Waals surface area contributed by atoms with Crippen molar-refractivity contribution in [2.45, 2.75) is 13.3 Å². The fraction of sp³-hybridized carbons (Fsp3) is 0.125. The molecule has 0 aliphatic heterocycles. The highest BCUT2D eigenvalue weighted by molar-refractivity contribution is 6.03. The van der Waals surface area contributed by atoms with Crippen LogP contribution in [0.5, 0.6) is 11.5 Å². The zero-order valence-corrected chi connectivity index (χ0v) is 17.0. The van der Waals surface area contributed by atoms with E-state index in [9.17, 15) is 9.90 Å². The Hall–Kier alpha value is -4.13. The van der Waals surface area contributed by atoms with Crippen molar-refractivity contribution in [1.29, 1.82) is 0 Å². The number of nitrogens with one attached hydrogen (secondary N) is 2. The maximum absolute atomic E-state index is 12.4. The Morgan fingerprint density at radius 2 is 1.97 bits per heavy atom. The first-order valence-corrected chi connectivity index (χ1v) is 9.98. The summed E-state index contributed by atoms with van der Waals surface area (Å²) in [5.74, 6) is 0.453. The number of nitrogens with zero attached hydrogens (tertiary/aromatic N) is 2. The van der Waals surface area contributed by atoms with Gasteiger partial charge in [-0.2, -0.15) is 10.2 Å². The van der Waals surface area contributed by atoms with Crippen molar-refractivity contribution in [3.8, 4) is 22.8 Å². The molecule has 0 atom stereocenters. The SMILES string of the molecule is CCCOc1ccc(-c2cc(C(=O)N/N=C\c3c(O)ccc4ccccc34)[nH]n2)cc1. The van der Waals surface area contributed by atoms with Crippen molar-refractivity contribution in [2.24, 2.45) is 5.10 Å². The number of carbonyl (C=O) groups excluding carboxylic acids is 1. The van der Waals surface area contributed by atoms with Gasteiger partial charge < -0.3 is 9.84 Å². The molecular weight excluding hydrogens is 392 g/mol. The second-order valence-electron chi connectivity index (χ2n) is 6.96. The van der Waals surface area contributed by atoms with Gasteiger partial charge in [0, 0.05) is 11.1 Å². The minimum absolute atomic E-state index is 0.0897. The van der Waals surface area contributed by atoms with Crippen LogP contribution in [0.25, 0.3) is 22.0 Å². The van der Waals surface area contributed by atoms with Crippen LogP contribution in [0.4, 0.5) is 0 Å². The van der Waals surface area contributed by atoms with Gasteiger partial charge >= 0.3 is 0 Å². The molecule has 0 radical (unpaired) electrons. The van der Waals surface area contributed by atoms with Crippen molar-refractivity contribution in [1.82, 2.24) is 15.6 Å². The average molecular weight is 414 g/mol. The predicted molar refractivity (Wildman–Crippen MR) is 120 cm³/mol. The Morgan fingerprint density at radius 3 is 2.77 bits per heavy atom. The van der Waals surface area contributed by atoms with Crippen molar-refractivity contribution in [3.05, 3.63) is 78.0 Å². The maximum atomic E-state index is 12.4. The van der Waals surface area contributed by atoms with E-state index in [1.165, 1.54) is 6.21 Å². The topological polar surface area (TPSA) is 99.6 Å². The van der Waals surface area contributed by atoms with Crippen LogP contribution < -0.4 is 10.2 Å². The number of amides is 1. The number of hydrogen-bond acceptors (Lipinski definition) is 5. The molecule has 0 saturated carbocycles. The summed E-state index contributed by atoms with van der Waals surface area (Å²) in [6.07, 6.45) is 2.38. The van der Waals surface area contributed by atoms with Crippen molar-refractivity contribution in [2.75, 3.05) is 6.61 Å². The molecule has 4 rings (SSSR count). The summed E-state index contributed by atoms with van der Waals surface area (Å²) < 4.78 is 5.58. The Balaban J connectivity index is 1.45. The first-order chi connectivity index (χ1) is 15.2. The first kappa shape index (κ1) is 20.2. The molecule has 31 heavy (non-hydrogen) atoms. The summed E-state index contributed by atoms with van der Waals surface area (Å²) in [6, 6.07) is 20.3. The lowest BCUT2D eigenvalue weighted by atomic mass is 10.0. The maximum Gasteiger partial charge on any atom is 0.289 e. The summed E-state index contributed by atoms with van der Waals surface area (Å²) >= 11 is 0. The number of aromatic nitrogens is 2. The molecule has 7 nitrogen and oxygen atoms in total. The molecule has 0 saturated heterocycles. The van der Waals surface area contributed by atoms with Crippen LogP contribution in [-0.2, 0) is 0 Å². The van der Waals surface area contributed by atoms with E-state index in [0.717, 1.165) is 28.5 Å². The monoisotopic (exact) mass is 414 g/mol. The van der Waals surface area contributed by atoms with E-state index in [-0.39, 0.29) is 11.4 Å². The average Bonchev–Trinajstić information content (AvgIpc) is 3.30. The first-order valence-electron chi connectivity index (χ1n) is 9.98. The molecule has 0 unspecified atom stereocenters. The second kappa shape index (κ2) is 9.13. The van der Waals surface area contributed by atoms with E-state index in [1.54, 1.807) is 12.1 Å². The lowest BCUT2D eigenvalue weighted by molar-refractivity contribution is 0.0950. The molecule has 0 aliphatic rings.